The Labute approximate surface area is 153 Å². The number of nitrogens with zero attached hydrogens (tertiary/aromatic N) is 2. The number of carbonyl (C=O) groups excluding carboxylic acids is 1. The van der Waals surface area contributed by atoms with Crippen molar-refractivity contribution in [2.45, 2.75) is 19.0 Å². The lowest BCUT2D eigenvalue weighted by Crippen LogP contribution is -2.29. The number of benzene rings is 1. The maximum absolute atomic E-state index is 12.9. The topological polar surface area (TPSA) is 82.7 Å². The highest BCUT2D eigenvalue weighted by Crippen LogP contribution is 2.33. The van der Waals surface area contributed by atoms with E-state index in [1.54, 1.807) is 0 Å². The van der Waals surface area contributed by atoms with E-state index in [0.717, 1.165) is 17.1 Å². The fourth-order valence-electron chi connectivity index (χ4n) is 2.60. The lowest BCUT2D eigenvalue weighted by atomic mass is 10.2. The van der Waals surface area contributed by atoms with Gasteiger partial charge in [-0.05, 0) is 24.3 Å². The van der Waals surface area contributed by atoms with E-state index in [1.165, 1.54) is 12.3 Å². The molecule has 2 heterocycles. The van der Waals surface area contributed by atoms with Crippen LogP contribution in [0, 0.1) is 0 Å². The van der Waals surface area contributed by atoms with Crippen molar-refractivity contribution in [1.82, 2.24) is 20.3 Å². The molecule has 1 aromatic carbocycles. The van der Waals surface area contributed by atoms with Crippen LogP contribution in [0.1, 0.15) is 17.8 Å². The average molecular weight is 377 g/mol. The number of para-hydroxylation sites is 2. The number of hydrogen-bond donors (Lipinski definition) is 3. The molecule has 0 aliphatic heterocycles. The van der Waals surface area contributed by atoms with E-state index in [1.807, 2.05) is 24.3 Å². The number of aromatic nitrogens is 3. The fraction of sp³-hybridized carbons (Fsp3) is 0.278. The second kappa shape index (κ2) is 8.07. The first kappa shape index (κ1) is 18.7. The van der Waals surface area contributed by atoms with Gasteiger partial charge in [-0.2, -0.15) is 13.2 Å². The lowest BCUT2D eigenvalue weighted by molar-refractivity contribution is -0.137. The van der Waals surface area contributed by atoms with Crippen LogP contribution in [0.15, 0.2) is 42.6 Å². The molecule has 3 aromatic rings. The third-order valence-corrected chi connectivity index (χ3v) is 3.88. The summed E-state index contributed by atoms with van der Waals surface area (Å²) in [6, 6.07) is 9.77. The van der Waals surface area contributed by atoms with Crippen LogP contribution in [0.25, 0.3) is 11.0 Å². The number of anilines is 1. The Balaban J connectivity index is 1.42. The summed E-state index contributed by atoms with van der Waals surface area (Å²) in [6.45, 7) is 0.323. The number of halogens is 3. The molecule has 3 rings (SSSR count). The molecule has 6 nitrogen and oxygen atoms in total. The number of aromatic amines is 1. The second-order valence-electron chi connectivity index (χ2n) is 5.87. The Bertz CT molecular complexity index is 890. The van der Waals surface area contributed by atoms with Crippen molar-refractivity contribution in [2.75, 3.05) is 18.4 Å². The third kappa shape index (κ3) is 4.96. The Morgan fingerprint density at radius 3 is 2.70 bits per heavy atom. The number of rotatable bonds is 7. The zero-order chi connectivity index (χ0) is 19.3. The molecule has 0 saturated heterocycles. The summed E-state index contributed by atoms with van der Waals surface area (Å²) in [5, 5.41) is 5.27. The van der Waals surface area contributed by atoms with Crippen molar-refractivity contribution in [3.63, 3.8) is 0 Å². The minimum Gasteiger partial charge on any atom is -0.368 e. The molecule has 2 aromatic heterocycles. The Morgan fingerprint density at radius 1 is 1.11 bits per heavy atom. The fourth-order valence-corrected chi connectivity index (χ4v) is 2.60. The zero-order valence-corrected chi connectivity index (χ0v) is 14.3. The quantitative estimate of drug-likeness (QED) is 0.553. The van der Waals surface area contributed by atoms with Crippen molar-refractivity contribution >= 4 is 22.8 Å². The minimum atomic E-state index is -4.48. The van der Waals surface area contributed by atoms with Crippen LogP contribution in [0.2, 0.25) is 0 Å². The van der Waals surface area contributed by atoms with E-state index in [4.69, 9.17) is 0 Å². The molecule has 0 bridgehead atoms. The van der Waals surface area contributed by atoms with Crippen molar-refractivity contribution in [3.05, 3.63) is 54.0 Å². The van der Waals surface area contributed by atoms with Crippen LogP contribution >= 0.6 is 0 Å². The molecule has 142 valence electrons. The molecule has 3 N–H and O–H groups in total. The second-order valence-corrected chi connectivity index (χ2v) is 5.87. The van der Waals surface area contributed by atoms with E-state index >= 15 is 0 Å². The summed E-state index contributed by atoms with van der Waals surface area (Å²) >= 11 is 0. The monoisotopic (exact) mass is 377 g/mol. The highest BCUT2D eigenvalue weighted by molar-refractivity contribution is 5.77. The van der Waals surface area contributed by atoms with Crippen LogP contribution in [-0.4, -0.2) is 33.9 Å². The molecule has 0 radical (unpaired) electrons. The van der Waals surface area contributed by atoms with E-state index in [2.05, 4.69) is 25.6 Å². The first-order valence-corrected chi connectivity index (χ1v) is 8.40. The maximum atomic E-state index is 12.9. The molecule has 27 heavy (non-hydrogen) atoms. The number of H-pyrrole nitrogens is 1. The third-order valence-electron chi connectivity index (χ3n) is 3.88. The van der Waals surface area contributed by atoms with Gasteiger partial charge in [-0.25, -0.2) is 9.97 Å². The molecule has 0 spiro atoms. The normalized spacial score (nSPS) is 11.5. The van der Waals surface area contributed by atoms with Crippen LogP contribution < -0.4 is 10.6 Å². The first-order valence-electron chi connectivity index (χ1n) is 8.40. The number of amides is 1. The Hall–Kier alpha value is -3.10. The predicted octanol–water partition coefficient (Wildman–Crippen LogP) is 3.14. The van der Waals surface area contributed by atoms with Crippen molar-refractivity contribution in [2.24, 2.45) is 0 Å². The Kier molecular flexibility index (Phi) is 5.58. The summed E-state index contributed by atoms with van der Waals surface area (Å²) in [5.74, 6) is 0.267. The highest BCUT2D eigenvalue weighted by atomic mass is 19.4. The molecule has 9 heteroatoms. The largest absolute Gasteiger partial charge is 0.419 e. The molecule has 1 amide bonds. The number of fused-ring (bicyclic) bond motifs is 1. The number of alkyl halides is 3. The molecule has 0 aliphatic rings. The summed E-state index contributed by atoms with van der Waals surface area (Å²) in [4.78, 5) is 23.1. The number of pyridine rings is 1. The van der Waals surface area contributed by atoms with Gasteiger partial charge in [0.25, 0.3) is 0 Å². The molecule has 0 aliphatic carbocycles. The highest BCUT2D eigenvalue weighted by Gasteiger charge is 2.33. The molecular formula is C18H18F3N5O. The standard InChI is InChI=1S/C18H18F3N5O/c19-18(20,21)12-4-3-9-23-17(12)24-11-10-22-16(27)8-7-15-25-13-5-1-2-6-14(13)26-15/h1-6,9H,7-8,10-11H2,(H,22,27)(H,23,24)(H,25,26). The van der Waals surface area contributed by atoms with Gasteiger partial charge in [-0.1, -0.05) is 12.1 Å². The first-order chi connectivity index (χ1) is 12.9. The zero-order valence-electron chi connectivity index (χ0n) is 14.3. The number of imidazole rings is 1. The van der Waals surface area contributed by atoms with Gasteiger partial charge >= 0.3 is 6.18 Å². The van der Waals surface area contributed by atoms with Gasteiger partial charge in [0, 0.05) is 32.1 Å². The summed E-state index contributed by atoms with van der Waals surface area (Å²) in [6.07, 6.45) is -2.51. The Morgan fingerprint density at radius 2 is 1.93 bits per heavy atom. The van der Waals surface area contributed by atoms with Gasteiger partial charge in [0.15, 0.2) is 0 Å². The number of aryl methyl sites for hydroxylation is 1. The van der Waals surface area contributed by atoms with Crippen LogP contribution in [-0.2, 0) is 17.4 Å². The van der Waals surface area contributed by atoms with Gasteiger partial charge in [0.05, 0.1) is 16.6 Å². The number of hydrogen-bond acceptors (Lipinski definition) is 4. The minimum absolute atomic E-state index is 0.135. The molecule has 0 fully saturated rings. The maximum Gasteiger partial charge on any atom is 0.419 e. The molecule has 0 saturated carbocycles. The lowest BCUT2D eigenvalue weighted by Gasteiger charge is -2.13. The molecule has 0 atom stereocenters. The van der Waals surface area contributed by atoms with Crippen molar-refractivity contribution in [3.8, 4) is 0 Å². The van der Waals surface area contributed by atoms with Crippen LogP contribution in [0.3, 0.4) is 0 Å². The summed E-state index contributed by atoms with van der Waals surface area (Å²) in [7, 11) is 0. The van der Waals surface area contributed by atoms with E-state index in [0.29, 0.717) is 12.2 Å². The number of nitrogens with one attached hydrogen (secondary N) is 3. The van der Waals surface area contributed by atoms with Crippen LogP contribution in [0.5, 0.6) is 0 Å². The average Bonchev–Trinajstić information content (AvgIpc) is 3.06. The molecule has 0 unspecified atom stereocenters. The predicted molar refractivity (Wildman–Crippen MR) is 95.2 cm³/mol. The van der Waals surface area contributed by atoms with Gasteiger partial charge < -0.3 is 15.6 Å². The van der Waals surface area contributed by atoms with Gasteiger partial charge in [0.2, 0.25) is 5.91 Å². The number of carbonyl (C=O) groups is 1. The van der Waals surface area contributed by atoms with Crippen molar-refractivity contribution in [1.29, 1.82) is 0 Å². The van der Waals surface area contributed by atoms with Crippen LogP contribution in [0.4, 0.5) is 19.0 Å². The SMILES string of the molecule is O=C(CCc1nc2ccccc2[nH]1)NCCNc1ncccc1C(F)(F)F. The summed E-state index contributed by atoms with van der Waals surface area (Å²) < 4.78 is 38.6. The van der Waals surface area contributed by atoms with Crippen molar-refractivity contribution < 1.29 is 18.0 Å². The van der Waals surface area contributed by atoms with E-state index < -0.39 is 11.7 Å². The molecular weight excluding hydrogens is 359 g/mol. The van der Waals surface area contributed by atoms with Gasteiger partial charge in [-0.3, -0.25) is 4.79 Å². The summed E-state index contributed by atoms with van der Waals surface area (Å²) in [5.41, 5.74) is 0.919. The smallest absolute Gasteiger partial charge is 0.368 e. The van der Waals surface area contributed by atoms with E-state index in [9.17, 15) is 18.0 Å². The van der Waals surface area contributed by atoms with Gasteiger partial charge in [0.1, 0.15) is 11.6 Å². The van der Waals surface area contributed by atoms with E-state index in [-0.39, 0.29) is 31.2 Å². The van der Waals surface area contributed by atoms with Gasteiger partial charge in [-0.15, -0.1) is 0 Å².